The largest absolute Gasteiger partial charge is 0.303 e. The van der Waals surface area contributed by atoms with Gasteiger partial charge in [-0.1, -0.05) is 12.8 Å². The molecule has 2 atom stereocenters. The van der Waals surface area contributed by atoms with Gasteiger partial charge in [0.15, 0.2) is 0 Å². The van der Waals surface area contributed by atoms with Gasteiger partial charge in [-0.3, -0.25) is 14.5 Å². The highest BCUT2D eigenvalue weighted by Gasteiger charge is 2.44. The predicted octanol–water partition coefficient (Wildman–Crippen LogP) is 1.44. The molecule has 3 aliphatic rings. The van der Waals surface area contributed by atoms with E-state index in [9.17, 15) is 9.59 Å². The zero-order chi connectivity index (χ0) is 12.7. The van der Waals surface area contributed by atoms with Gasteiger partial charge >= 0.3 is 0 Å². The Morgan fingerprint density at radius 1 is 1.17 bits per heavy atom. The number of imide groups is 1. The molecule has 100 valence electrons. The third-order valence-electron chi connectivity index (χ3n) is 4.67. The summed E-state index contributed by atoms with van der Waals surface area (Å²) in [7, 11) is 0. The SMILES string of the molecule is CC(NC1CC(=O)N(C2CCCC2)C1=O)C1CC1. The van der Waals surface area contributed by atoms with Crippen LogP contribution in [0.25, 0.3) is 0 Å². The van der Waals surface area contributed by atoms with Crippen LogP contribution in [0.5, 0.6) is 0 Å². The van der Waals surface area contributed by atoms with Gasteiger partial charge in [-0.15, -0.1) is 0 Å². The molecule has 3 rings (SSSR count). The second-order valence-electron chi connectivity index (χ2n) is 6.09. The van der Waals surface area contributed by atoms with E-state index in [4.69, 9.17) is 0 Å². The fourth-order valence-electron chi connectivity index (χ4n) is 3.38. The number of nitrogens with zero attached hydrogens (tertiary/aromatic N) is 1. The van der Waals surface area contributed by atoms with Gasteiger partial charge in [0.2, 0.25) is 11.8 Å². The van der Waals surface area contributed by atoms with E-state index in [1.54, 1.807) is 4.90 Å². The zero-order valence-electron chi connectivity index (χ0n) is 11.0. The molecule has 3 fully saturated rings. The minimum absolute atomic E-state index is 0.0272. The summed E-state index contributed by atoms with van der Waals surface area (Å²) in [6.45, 7) is 2.13. The van der Waals surface area contributed by atoms with Crippen LogP contribution in [0.1, 0.15) is 51.9 Å². The van der Waals surface area contributed by atoms with Crippen molar-refractivity contribution in [3.63, 3.8) is 0 Å². The molecule has 0 radical (unpaired) electrons. The van der Waals surface area contributed by atoms with E-state index in [1.165, 1.54) is 12.8 Å². The van der Waals surface area contributed by atoms with E-state index in [-0.39, 0.29) is 23.9 Å². The van der Waals surface area contributed by atoms with Gasteiger partial charge in [-0.05, 0) is 38.5 Å². The summed E-state index contributed by atoms with van der Waals surface area (Å²) < 4.78 is 0. The van der Waals surface area contributed by atoms with Crippen molar-refractivity contribution in [1.29, 1.82) is 0 Å². The van der Waals surface area contributed by atoms with Gasteiger partial charge in [-0.2, -0.15) is 0 Å². The first kappa shape index (κ1) is 12.2. The first-order chi connectivity index (χ1) is 8.66. The minimum Gasteiger partial charge on any atom is -0.303 e. The summed E-state index contributed by atoms with van der Waals surface area (Å²) in [5, 5.41) is 3.36. The van der Waals surface area contributed by atoms with Crippen LogP contribution in [0.15, 0.2) is 0 Å². The maximum absolute atomic E-state index is 12.3. The smallest absolute Gasteiger partial charge is 0.247 e. The van der Waals surface area contributed by atoms with Crippen LogP contribution in [0.4, 0.5) is 0 Å². The first-order valence-corrected chi connectivity index (χ1v) is 7.29. The summed E-state index contributed by atoms with van der Waals surface area (Å²) in [5.41, 5.74) is 0. The van der Waals surface area contributed by atoms with Crippen LogP contribution in [-0.4, -0.2) is 34.8 Å². The second kappa shape index (κ2) is 4.65. The van der Waals surface area contributed by atoms with Crippen LogP contribution in [-0.2, 0) is 9.59 Å². The average molecular weight is 250 g/mol. The summed E-state index contributed by atoms with van der Waals surface area (Å²) in [5.74, 6) is 0.778. The molecular weight excluding hydrogens is 228 g/mol. The Morgan fingerprint density at radius 2 is 1.83 bits per heavy atom. The van der Waals surface area contributed by atoms with Gasteiger partial charge in [-0.25, -0.2) is 0 Å². The third-order valence-corrected chi connectivity index (χ3v) is 4.67. The summed E-state index contributed by atoms with van der Waals surface area (Å²) in [4.78, 5) is 25.9. The number of nitrogens with one attached hydrogen (secondary N) is 1. The Bertz CT molecular complexity index is 359. The zero-order valence-corrected chi connectivity index (χ0v) is 11.0. The molecule has 4 heteroatoms. The Hall–Kier alpha value is -0.900. The van der Waals surface area contributed by atoms with Crippen molar-refractivity contribution in [2.45, 2.75) is 70.0 Å². The highest BCUT2D eigenvalue weighted by molar-refractivity contribution is 6.05. The van der Waals surface area contributed by atoms with Gasteiger partial charge in [0.05, 0.1) is 12.5 Å². The molecular formula is C14H22N2O2. The average Bonchev–Trinajstić information content (AvgIpc) is 2.99. The van der Waals surface area contributed by atoms with Crippen molar-refractivity contribution in [2.24, 2.45) is 5.92 Å². The second-order valence-corrected chi connectivity index (χ2v) is 6.09. The summed E-state index contributed by atoms with van der Waals surface area (Å²) in [6, 6.07) is 0.303. The molecule has 0 spiro atoms. The number of likely N-dealkylation sites (tertiary alicyclic amines) is 1. The van der Waals surface area contributed by atoms with E-state index >= 15 is 0 Å². The molecule has 0 bridgehead atoms. The van der Waals surface area contributed by atoms with E-state index in [0.29, 0.717) is 18.4 Å². The van der Waals surface area contributed by atoms with Gasteiger partial charge in [0.1, 0.15) is 0 Å². The highest BCUT2D eigenvalue weighted by atomic mass is 16.2. The van der Waals surface area contributed by atoms with Crippen molar-refractivity contribution in [2.75, 3.05) is 0 Å². The number of carbonyl (C=O) groups excluding carboxylic acids is 2. The van der Waals surface area contributed by atoms with E-state index < -0.39 is 0 Å². The minimum atomic E-state index is -0.256. The Balaban J connectivity index is 1.63. The predicted molar refractivity (Wildman–Crippen MR) is 67.8 cm³/mol. The monoisotopic (exact) mass is 250 g/mol. The topological polar surface area (TPSA) is 49.4 Å². The molecule has 2 saturated carbocycles. The van der Waals surface area contributed by atoms with Crippen LogP contribution in [0, 0.1) is 5.92 Å². The quantitative estimate of drug-likeness (QED) is 0.768. The number of hydrogen-bond donors (Lipinski definition) is 1. The summed E-state index contributed by atoms with van der Waals surface area (Å²) >= 11 is 0. The number of amides is 2. The lowest BCUT2D eigenvalue weighted by atomic mass is 10.1. The molecule has 0 aromatic carbocycles. The van der Waals surface area contributed by atoms with Crippen LogP contribution < -0.4 is 5.32 Å². The van der Waals surface area contributed by atoms with Crippen molar-refractivity contribution in [3.8, 4) is 0 Å². The van der Waals surface area contributed by atoms with Gasteiger partial charge in [0, 0.05) is 12.1 Å². The Kier molecular flexibility index (Phi) is 3.14. The Labute approximate surface area is 108 Å². The van der Waals surface area contributed by atoms with Crippen molar-refractivity contribution >= 4 is 11.8 Å². The maximum atomic E-state index is 12.3. The van der Waals surface area contributed by atoms with Crippen molar-refractivity contribution in [1.82, 2.24) is 10.2 Å². The number of rotatable bonds is 4. The highest BCUT2D eigenvalue weighted by Crippen LogP contribution is 2.33. The molecule has 0 aromatic rings. The molecule has 2 unspecified atom stereocenters. The molecule has 18 heavy (non-hydrogen) atoms. The fourth-order valence-corrected chi connectivity index (χ4v) is 3.38. The van der Waals surface area contributed by atoms with Crippen molar-refractivity contribution in [3.05, 3.63) is 0 Å². The lowest BCUT2D eigenvalue weighted by Crippen LogP contribution is -2.45. The molecule has 0 aromatic heterocycles. The van der Waals surface area contributed by atoms with Crippen LogP contribution in [0.3, 0.4) is 0 Å². The van der Waals surface area contributed by atoms with E-state index in [0.717, 1.165) is 25.7 Å². The fraction of sp³-hybridized carbons (Fsp3) is 0.857. The number of carbonyl (C=O) groups is 2. The molecule has 4 nitrogen and oxygen atoms in total. The molecule has 1 saturated heterocycles. The molecule has 1 N–H and O–H groups in total. The van der Waals surface area contributed by atoms with Crippen LogP contribution in [0.2, 0.25) is 0 Å². The normalized spacial score (nSPS) is 31.4. The van der Waals surface area contributed by atoms with E-state index in [2.05, 4.69) is 12.2 Å². The summed E-state index contributed by atoms with van der Waals surface area (Å²) in [6.07, 6.45) is 7.19. The first-order valence-electron chi connectivity index (χ1n) is 7.29. The molecule has 2 aliphatic carbocycles. The van der Waals surface area contributed by atoms with E-state index in [1.807, 2.05) is 0 Å². The van der Waals surface area contributed by atoms with Gasteiger partial charge in [0.25, 0.3) is 0 Å². The van der Waals surface area contributed by atoms with Gasteiger partial charge < -0.3 is 5.32 Å². The lowest BCUT2D eigenvalue weighted by molar-refractivity contribution is -0.141. The molecule has 1 aliphatic heterocycles. The standard InChI is InChI=1S/C14H22N2O2/c1-9(10-6-7-10)15-12-8-13(17)16(14(12)18)11-4-2-3-5-11/h9-12,15H,2-8H2,1H3. The Morgan fingerprint density at radius 3 is 2.44 bits per heavy atom. The lowest BCUT2D eigenvalue weighted by Gasteiger charge is -2.23. The maximum Gasteiger partial charge on any atom is 0.247 e. The van der Waals surface area contributed by atoms with Crippen molar-refractivity contribution < 1.29 is 9.59 Å². The van der Waals surface area contributed by atoms with Crippen LogP contribution >= 0.6 is 0 Å². The third kappa shape index (κ3) is 2.18. The molecule has 2 amide bonds. The molecule has 1 heterocycles. The number of hydrogen-bond acceptors (Lipinski definition) is 3.